The van der Waals surface area contributed by atoms with Crippen LogP contribution >= 0.6 is 0 Å². The van der Waals surface area contributed by atoms with E-state index in [1.165, 1.54) is 0 Å². The van der Waals surface area contributed by atoms with Gasteiger partial charge in [0.05, 0.1) is 32.6 Å². The van der Waals surface area contributed by atoms with Gasteiger partial charge in [0, 0.05) is 18.7 Å². The number of aryl methyl sites for hydroxylation is 1. The molecule has 25 heavy (non-hydrogen) atoms. The molecule has 0 saturated heterocycles. The highest BCUT2D eigenvalue weighted by Crippen LogP contribution is 2.41. The summed E-state index contributed by atoms with van der Waals surface area (Å²) in [6.07, 6.45) is -0.340. The van der Waals surface area contributed by atoms with Crippen molar-refractivity contribution in [2.24, 2.45) is 0 Å². The third-order valence-electron chi connectivity index (χ3n) is 4.43. The minimum Gasteiger partial charge on any atom is -0.496 e. The third-order valence-corrected chi connectivity index (χ3v) is 4.43. The summed E-state index contributed by atoms with van der Waals surface area (Å²) >= 11 is 0. The summed E-state index contributed by atoms with van der Waals surface area (Å²) < 4.78 is 16.1. The molecule has 6 heteroatoms. The Labute approximate surface area is 147 Å². The van der Waals surface area contributed by atoms with E-state index in [-0.39, 0.29) is 12.1 Å². The largest absolute Gasteiger partial charge is 0.496 e. The number of amides is 1. The molecule has 132 valence electrons. The lowest BCUT2D eigenvalue weighted by Gasteiger charge is -2.36. The number of methoxy groups -OCH3 is 3. The first-order chi connectivity index (χ1) is 12.0. The molecule has 1 N–H and O–H groups in total. The monoisotopic (exact) mass is 342 g/mol. The van der Waals surface area contributed by atoms with Crippen LogP contribution in [-0.4, -0.2) is 39.2 Å². The molecule has 0 radical (unpaired) electrons. The van der Waals surface area contributed by atoms with E-state index in [9.17, 15) is 4.79 Å². The zero-order valence-corrected chi connectivity index (χ0v) is 15.0. The molecule has 2 aromatic rings. The molecular weight excluding hydrogens is 320 g/mol. The molecule has 6 nitrogen and oxygen atoms in total. The van der Waals surface area contributed by atoms with E-state index in [0.717, 1.165) is 16.9 Å². The number of nitrogens with zero attached hydrogens (tertiary/aromatic N) is 1. The van der Waals surface area contributed by atoms with Crippen molar-refractivity contribution >= 4 is 11.6 Å². The molecule has 0 aromatic heterocycles. The van der Waals surface area contributed by atoms with Gasteiger partial charge >= 0.3 is 0 Å². The molecule has 0 fully saturated rings. The molecule has 0 unspecified atom stereocenters. The second-order valence-corrected chi connectivity index (χ2v) is 5.96. The van der Waals surface area contributed by atoms with Crippen LogP contribution in [0, 0.1) is 6.92 Å². The van der Waals surface area contributed by atoms with E-state index in [1.807, 2.05) is 25.1 Å². The number of fused-ring (bicyclic) bond motifs is 1. The van der Waals surface area contributed by atoms with Crippen molar-refractivity contribution < 1.29 is 19.0 Å². The summed E-state index contributed by atoms with van der Waals surface area (Å²) in [5.74, 6) is 1.73. The zero-order valence-electron chi connectivity index (χ0n) is 15.0. The fourth-order valence-corrected chi connectivity index (χ4v) is 3.08. The van der Waals surface area contributed by atoms with Crippen molar-refractivity contribution in [2.45, 2.75) is 13.1 Å². The predicted molar refractivity (Wildman–Crippen MR) is 95.7 cm³/mol. The second kappa shape index (κ2) is 6.55. The number of carbonyl (C=O) groups is 1. The van der Waals surface area contributed by atoms with Crippen LogP contribution in [0.25, 0.3) is 0 Å². The number of hydrogen-bond acceptors (Lipinski definition) is 5. The maximum Gasteiger partial charge on any atom is 0.257 e. The van der Waals surface area contributed by atoms with Gasteiger partial charge in [-0.25, -0.2) is 0 Å². The summed E-state index contributed by atoms with van der Waals surface area (Å²) in [7, 11) is 6.51. The van der Waals surface area contributed by atoms with E-state index in [0.29, 0.717) is 22.7 Å². The number of rotatable bonds is 4. The highest BCUT2D eigenvalue weighted by atomic mass is 16.5. The molecule has 0 aliphatic carbocycles. The van der Waals surface area contributed by atoms with Crippen molar-refractivity contribution in [1.82, 2.24) is 4.90 Å². The van der Waals surface area contributed by atoms with Gasteiger partial charge < -0.3 is 24.4 Å². The van der Waals surface area contributed by atoms with Gasteiger partial charge in [-0.05, 0) is 25.1 Å². The van der Waals surface area contributed by atoms with Crippen LogP contribution in [0.2, 0.25) is 0 Å². The fourth-order valence-electron chi connectivity index (χ4n) is 3.08. The highest BCUT2D eigenvalue weighted by Gasteiger charge is 2.33. The zero-order chi connectivity index (χ0) is 18.1. The summed E-state index contributed by atoms with van der Waals surface area (Å²) in [5.41, 5.74) is 3.24. The molecule has 0 bridgehead atoms. The molecule has 1 aliphatic rings. The van der Waals surface area contributed by atoms with Gasteiger partial charge in [-0.15, -0.1) is 0 Å². The van der Waals surface area contributed by atoms with Crippen molar-refractivity contribution in [3.63, 3.8) is 0 Å². The average molecular weight is 342 g/mol. The Morgan fingerprint density at radius 1 is 0.960 bits per heavy atom. The van der Waals surface area contributed by atoms with Gasteiger partial charge in [-0.3, -0.25) is 4.79 Å². The highest BCUT2D eigenvalue weighted by molar-refractivity contribution is 6.02. The maximum absolute atomic E-state index is 12.9. The summed E-state index contributed by atoms with van der Waals surface area (Å²) in [5, 5.41) is 3.41. The molecule has 1 heterocycles. The predicted octanol–water partition coefficient (Wildman–Crippen LogP) is 3.22. The summed E-state index contributed by atoms with van der Waals surface area (Å²) in [4.78, 5) is 14.6. The fraction of sp³-hybridized carbons (Fsp3) is 0.316. The second-order valence-electron chi connectivity index (χ2n) is 5.96. The van der Waals surface area contributed by atoms with Crippen LogP contribution in [0.3, 0.4) is 0 Å². The van der Waals surface area contributed by atoms with Crippen LogP contribution in [0.4, 0.5) is 5.69 Å². The van der Waals surface area contributed by atoms with Gasteiger partial charge in [-0.1, -0.05) is 11.6 Å². The van der Waals surface area contributed by atoms with Gasteiger partial charge in [0.15, 0.2) is 11.5 Å². The standard InChI is InChI=1S/C19H22N2O4/c1-11-6-7-15(23-3)13(8-11)18-20-14-10-17(25-5)16(24-4)9-12(14)19(22)21(18)2/h6-10,18,20H,1-5H3/t18-/m1/s1. The molecule has 0 saturated carbocycles. The first-order valence-electron chi connectivity index (χ1n) is 7.94. The maximum atomic E-state index is 12.9. The number of benzene rings is 2. The van der Waals surface area contributed by atoms with Crippen molar-refractivity contribution in [1.29, 1.82) is 0 Å². The number of anilines is 1. The van der Waals surface area contributed by atoms with Crippen LogP contribution in [0.15, 0.2) is 30.3 Å². The van der Waals surface area contributed by atoms with E-state index < -0.39 is 0 Å². The Morgan fingerprint density at radius 2 is 1.60 bits per heavy atom. The molecule has 1 atom stereocenters. The summed E-state index contributed by atoms with van der Waals surface area (Å²) in [6, 6.07) is 9.40. The Hall–Kier alpha value is -2.89. The number of ether oxygens (including phenoxy) is 3. The lowest BCUT2D eigenvalue weighted by molar-refractivity contribution is 0.0733. The molecule has 2 aromatic carbocycles. The first-order valence-corrected chi connectivity index (χ1v) is 7.94. The van der Waals surface area contributed by atoms with E-state index in [1.54, 1.807) is 45.4 Å². The van der Waals surface area contributed by atoms with Gasteiger partial charge in [0.1, 0.15) is 11.9 Å². The smallest absolute Gasteiger partial charge is 0.257 e. The van der Waals surface area contributed by atoms with Gasteiger partial charge in [0.2, 0.25) is 0 Å². The van der Waals surface area contributed by atoms with Crippen LogP contribution in [0.1, 0.15) is 27.7 Å². The average Bonchev–Trinajstić information content (AvgIpc) is 2.63. The van der Waals surface area contributed by atoms with E-state index in [2.05, 4.69) is 5.32 Å². The Bertz CT molecular complexity index is 819. The third kappa shape index (κ3) is 2.84. The molecule has 1 amide bonds. The van der Waals surface area contributed by atoms with E-state index >= 15 is 0 Å². The Morgan fingerprint density at radius 3 is 2.24 bits per heavy atom. The van der Waals surface area contributed by atoms with Crippen molar-refractivity contribution in [2.75, 3.05) is 33.7 Å². The minimum atomic E-state index is -0.340. The van der Waals surface area contributed by atoms with Crippen molar-refractivity contribution in [3.8, 4) is 17.2 Å². The van der Waals surface area contributed by atoms with Gasteiger partial charge in [-0.2, -0.15) is 0 Å². The van der Waals surface area contributed by atoms with Crippen LogP contribution in [-0.2, 0) is 0 Å². The topological polar surface area (TPSA) is 60.0 Å². The Kier molecular flexibility index (Phi) is 4.44. The number of nitrogens with one attached hydrogen (secondary N) is 1. The lowest BCUT2D eigenvalue weighted by atomic mass is 10.0. The quantitative estimate of drug-likeness (QED) is 0.924. The normalized spacial score (nSPS) is 16.1. The first kappa shape index (κ1) is 17.0. The SMILES string of the molecule is COc1cc2c(cc1OC)C(=O)N(C)[C@H](c1cc(C)ccc1OC)N2. The molecule has 1 aliphatic heterocycles. The van der Waals surface area contributed by atoms with Crippen LogP contribution < -0.4 is 19.5 Å². The lowest BCUT2D eigenvalue weighted by Crippen LogP contribution is -2.40. The molecule has 3 rings (SSSR count). The number of carbonyl (C=O) groups excluding carboxylic acids is 1. The number of hydrogen-bond donors (Lipinski definition) is 1. The van der Waals surface area contributed by atoms with Crippen LogP contribution in [0.5, 0.6) is 17.2 Å². The van der Waals surface area contributed by atoms with Crippen molar-refractivity contribution in [3.05, 3.63) is 47.0 Å². The molecular formula is C19H22N2O4. The van der Waals surface area contributed by atoms with Gasteiger partial charge in [0.25, 0.3) is 5.91 Å². The Balaban J connectivity index is 2.10. The summed E-state index contributed by atoms with van der Waals surface area (Å²) in [6.45, 7) is 2.01. The molecule has 0 spiro atoms. The minimum absolute atomic E-state index is 0.0942. The van der Waals surface area contributed by atoms with E-state index in [4.69, 9.17) is 14.2 Å².